The highest BCUT2D eigenvalue weighted by Gasteiger charge is 2.30. The number of halogens is 3. The average Bonchev–Trinajstić information content (AvgIpc) is 3.21. The maximum atomic E-state index is 12.8. The summed E-state index contributed by atoms with van der Waals surface area (Å²) in [5, 5.41) is 7.52. The second kappa shape index (κ2) is 33.5. The van der Waals surface area contributed by atoms with Crippen LogP contribution in [-0.2, 0) is 44.5 Å². The van der Waals surface area contributed by atoms with Crippen molar-refractivity contribution in [2.75, 3.05) is 33.8 Å². The van der Waals surface area contributed by atoms with Crippen molar-refractivity contribution in [2.45, 2.75) is 153 Å². The minimum Gasteiger partial charge on any atom is -0.452 e. The number of amides is 6. The first-order chi connectivity index (χ1) is 29.6. The van der Waals surface area contributed by atoms with E-state index in [1.807, 2.05) is 20.8 Å². The molecule has 1 aromatic carbocycles. The Morgan fingerprint density at radius 1 is 0.766 bits per heavy atom. The number of allylic oxidation sites excluding steroid dienone is 1. The van der Waals surface area contributed by atoms with Gasteiger partial charge in [0.05, 0.1) is 18.7 Å². The van der Waals surface area contributed by atoms with Crippen molar-refractivity contribution in [1.82, 2.24) is 25.8 Å². The number of hydrogen-bond donors (Lipinski definition) is 4. The van der Waals surface area contributed by atoms with E-state index in [0.717, 1.165) is 59.1 Å². The van der Waals surface area contributed by atoms with Gasteiger partial charge in [0.1, 0.15) is 18.1 Å². The van der Waals surface area contributed by atoms with Crippen molar-refractivity contribution in [1.29, 1.82) is 0 Å². The Morgan fingerprint density at radius 3 is 1.77 bits per heavy atom. The van der Waals surface area contributed by atoms with E-state index in [-0.39, 0.29) is 12.5 Å². The molecule has 0 radical (unpaired) electrons. The van der Waals surface area contributed by atoms with Gasteiger partial charge in [-0.05, 0) is 82.8 Å². The number of carbonyl (C=O) groups excluding carboxylic acids is 7. The molecule has 0 saturated heterocycles. The zero-order valence-electron chi connectivity index (χ0n) is 41.5. The van der Waals surface area contributed by atoms with Crippen molar-refractivity contribution < 1.29 is 51.5 Å². The topological polar surface area (TPSA) is 197 Å². The van der Waals surface area contributed by atoms with Gasteiger partial charge in [-0.1, -0.05) is 106 Å². The molecule has 0 aliphatic carbocycles. The highest BCUT2D eigenvalue weighted by molar-refractivity contribution is 5.94. The van der Waals surface area contributed by atoms with Crippen LogP contribution in [0.3, 0.4) is 0 Å². The zero-order chi connectivity index (χ0) is 50.5. The molecule has 0 saturated carbocycles. The second-order valence-electron chi connectivity index (χ2n) is 16.8. The molecule has 6 amide bonds. The molecule has 0 aromatic heterocycles. The fourth-order valence-corrected chi connectivity index (χ4v) is 5.30. The van der Waals surface area contributed by atoms with E-state index in [4.69, 9.17) is 10.5 Å². The monoisotopic (exact) mass is 915 g/mol. The first-order valence-electron chi connectivity index (χ1n) is 22.2. The van der Waals surface area contributed by atoms with E-state index in [1.54, 1.807) is 26.8 Å². The summed E-state index contributed by atoms with van der Waals surface area (Å²) in [6.07, 6.45) is 2.09. The fourth-order valence-electron chi connectivity index (χ4n) is 5.30. The minimum atomic E-state index is -4.21. The van der Waals surface area contributed by atoms with Crippen LogP contribution in [0, 0.1) is 30.6 Å². The highest BCUT2D eigenvalue weighted by Crippen LogP contribution is 2.29. The van der Waals surface area contributed by atoms with E-state index in [0.29, 0.717) is 23.8 Å². The van der Waals surface area contributed by atoms with Crippen molar-refractivity contribution in [3.63, 3.8) is 0 Å². The predicted molar refractivity (Wildman–Crippen MR) is 246 cm³/mol. The van der Waals surface area contributed by atoms with Crippen LogP contribution >= 0.6 is 0 Å². The Balaban J connectivity index is -0.00000182. The number of alkyl halides is 3. The van der Waals surface area contributed by atoms with Crippen molar-refractivity contribution >= 4 is 41.4 Å². The predicted octanol–water partition coefficient (Wildman–Crippen LogP) is 6.97. The standard InChI is InChI=1S/C33H58N6O8.C8H7F3.C4H10.C2H6/c1-11-20(3)16-21(4)14-13-15-23(6)33(46)47-19-27(41)35-25(8)32(45)39(10)18-28(42)38(9)17-26(40)37-29(22(5)12-2)31(44)36-24(7)30(34)43;1-6-2-4-7(5-3-6)8(9,10)11;1-4(2)3;1-2/h15,20-22,24-25,29H,11-14,16-19H2,1-10H3,(H2,34,43)(H,35,41)(H,36,44)(H,37,40);2-5H,1H3;4H,1-3H3;1-2H3/b23-15+;;;/t20-,21?,22?,24+,25?,29?;;;/m0.../s1. The molecule has 17 heteroatoms. The third-order valence-electron chi connectivity index (χ3n) is 9.55. The molecule has 0 bridgehead atoms. The lowest BCUT2D eigenvalue weighted by Gasteiger charge is -2.27. The molecule has 6 atom stereocenters. The smallest absolute Gasteiger partial charge is 0.416 e. The van der Waals surface area contributed by atoms with Crippen LogP contribution in [-0.4, -0.2) is 103 Å². The van der Waals surface area contributed by atoms with Crippen LogP contribution in [0.2, 0.25) is 0 Å². The minimum absolute atomic E-state index is 0.275. The van der Waals surface area contributed by atoms with Crippen molar-refractivity contribution in [3.8, 4) is 0 Å². The fraction of sp³-hybridized carbons (Fsp3) is 0.681. The summed E-state index contributed by atoms with van der Waals surface area (Å²) in [5.41, 5.74) is 5.85. The number of carbonyl (C=O) groups is 7. The Kier molecular flexibility index (Phi) is 33.2. The van der Waals surface area contributed by atoms with Gasteiger partial charge in [0.15, 0.2) is 6.61 Å². The Hall–Kier alpha value is -4.96. The number of nitrogens with zero attached hydrogens (tertiary/aromatic N) is 2. The van der Waals surface area contributed by atoms with Gasteiger partial charge in [0.2, 0.25) is 29.5 Å². The molecule has 4 unspecified atom stereocenters. The largest absolute Gasteiger partial charge is 0.452 e. The first kappa shape index (κ1) is 63.3. The van der Waals surface area contributed by atoms with Gasteiger partial charge in [-0.25, -0.2) is 4.79 Å². The number of nitrogens with two attached hydrogens (primary N) is 1. The third kappa shape index (κ3) is 29.4. The number of nitrogens with one attached hydrogen (secondary N) is 3. The molecule has 1 aromatic rings. The Morgan fingerprint density at radius 2 is 1.30 bits per heavy atom. The number of primary amides is 1. The van der Waals surface area contributed by atoms with Gasteiger partial charge in [-0.15, -0.1) is 0 Å². The van der Waals surface area contributed by atoms with Gasteiger partial charge >= 0.3 is 12.1 Å². The van der Waals surface area contributed by atoms with Gasteiger partial charge in [-0.3, -0.25) is 28.8 Å². The van der Waals surface area contributed by atoms with E-state index >= 15 is 0 Å². The SMILES string of the molecule is CC.CC(C)C.CCC(C)C(NC(=O)CN(C)C(=O)CN(C)C(=O)C(C)NC(=O)COC(=O)/C(C)=C/CCC(C)C[C@@H](C)CC)C(=O)N[C@H](C)C(N)=O.Cc1ccc(C(F)(F)F)cc1. The van der Waals surface area contributed by atoms with Crippen LogP contribution in [0.4, 0.5) is 13.2 Å². The lowest BCUT2D eigenvalue weighted by atomic mass is 9.92. The molecule has 0 heterocycles. The van der Waals surface area contributed by atoms with Crippen LogP contribution in [0.25, 0.3) is 0 Å². The summed E-state index contributed by atoms with van der Waals surface area (Å²) in [7, 11) is 2.75. The maximum absolute atomic E-state index is 12.8. The molecule has 0 fully saturated rings. The number of benzene rings is 1. The van der Waals surface area contributed by atoms with Crippen LogP contribution in [0.5, 0.6) is 0 Å². The third-order valence-corrected chi connectivity index (χ3v) is 9.55. The van der Waals surface area contributed by atoms with Gasteiger partial charge < -0.3 is 36.2 Å². The number of esters is 1. The number of hydrogen-bond acceptors (Lipinski definition) is 8. The molecule has 5 N–H and O–H groups in total. The number of rotatable bonds is 21. The van der Waals surface area contributed by atoms with Crippen LogP contribution in [0.1, 0.15) is 133 Å². The molecular weight excluding hydrogens is 834 g/mol. The van der Waals surface area contributed by atoms with Crippen LogP contribution < -0.4 is 21.7 Å². The number of aryl methyl sites for hydroxylation is 1. The molecule has 368 valence electrons. The first-order valence-corrected chi connectivity index (χ1v) is 22.2. The number of ether oxygens (including phenoxy) is 1. The quantitative estimate of drug-likeness (QED) is 0.0749. The molecule has 64 heavy (non-hydrogen) atoms. The van der Waals surface area contributed by atoms with Gasteiger partial charge in [0.25, 0.3) is 5.91 Å². The summed E-state index contributed by atoms with van der Waals surface area (Å²) in [4.78, 5) is 89.1. The Labute approximate surface area is 381 Å². The van der Waals surface area contributed by atoms with E-state index in [9.17, 15) is 46.7 Å². The number of likely N-dealkylation sites (N-methyl/N-ethyl adjacent to an activating group) is 2. The van der Waals surface area contributed by atoms with Crippen LogP contribution in [0.15, 0.2) is 35.9 Å². The zero-order valence-corrected chi connectivity index (χ0v) is 41.5. The molecule has 1 rings (SSSR count). The summed E-state index contributed by atoms with van der Waals surface area (Å²) in [6, 6.07) is 2.14. The van der Waals surface area contributed by atoms with E-state index in [2.05, 4.69) is 57.5 Å². The normalized spacial score (nSPS) is 13.8. The van der Waals surface area contributed by atoms with Gasteiger partial charge in [-0.2, -0.15) is 13.2 Å². The van der Waals surface area contributed by atoms with Crippen molar-refractivity contribution in [3.05, 3.63) is 47.0 Å². The summed E-state index contributed by atoms with van der Waals surface area (Å²) < 4.78 is 40.8. The lowest BCUT2D eigenvalue weighted by Crippen LogP contribution is -2.56. The van der Waals surface area contributed by atoms with Gasteiger partial charge in [0, 0.05) is 19.7 Å². The second-order valence-corrected chi connectivity index (χ2v) is 16.8. The Bertz CT molecular complexity index is 1600. The molecular formula is C47H81F3N6O8. The highest BCUT2D eigenvalue weighted by atomic mass is 19.4. The van der Waals surface area contributed by atoms with E-state index < -0.39 is 84.4 Å². The summed E-state index contributed by atoms with van der Waals surface area (Å²) >= 11 is 0. The average molecular weight is 915 g/mol. The summed E-state index contributed by atoms with van der Waals surface area (Å²) in [6.45, 7) is 25.6. The lowest BCUT2D eigenvalue weighted by molar-refractivity contribution is -0.146. The molecule has 0 aliphatic heterocycles. The summed E-state index contributed by atoms with van der Waals surface area (Å²) in [5.74, 6) is -2.58. The van der Waals surface area contributed by atoms with E-state index in [1.165, 1.54) is 40.1 Å². The maximum Gasteiger partial charge on any atom is 0.416 e. The molecule has 14 nitrogen and oxygen atoms in total. The molecule has 0 aliphatic rings. The molecule has 0 spiro atoms. The van der Waals surface area contributed by atoms with Crippen molar-refractivity contribution in [2.24, 2.45) is 29.4 Å².